The molecule has 0 N–H and O–H groups in total. The Morgan fingerprint density at radius 2 is 1.73 bits per heavy atom. The van der Waals surface area contributed by atoms with Gasteiger partial charge in [0.2, 0.25) is 9.84 Å². The summed E-state index contributed by atoms with van der Waals surface area (Å²) < 4.78 is 26.1. The summed E-state index contributed by atoms with van der Waals surface area (Å²) in [6.07, 6.45) is 5.66. The third kappa shape index (κ3) is 3.52. The lowest BCUT2D eigenvalue weighted by Crippen LogP contribution is -2.33. The Labute approximate surface area is 158 Å². The Morgan fingerprint density at radius 1 is 1.04 bits per heavy atom. The van der Waals surface area contributed by atoms with Crippen molar-refractivity contribution in [2.75, 3.05) is 11.4 Å². The topological polar surface area (TPSA) is 37.4 Å². The summed E-state index contributed by atoms with van der Waals surface area (Å²) in [4.78, 5) is 3.31. The maximum atomic E-state index is 13.1. The van der Waals surface area contributed by atoms with Gasteiger partial charge in [-0.3, -0.25) is 0 Å². The van der Waals surface area contributed by atoms with E-state index in [-0.39, 0.29) is 0 Å². The summed E-state index contributed by atoms with van der Waals surface area (Å²) >= 11 is 0. The molecule has 4 heteroatoms. The largest absolute Gasteiger partial charge is 0.368 e. The Balaban J connectivity index is 1.95. The molecule has 0 bridgehead atoms. The molecule has 0 aliphatic carbocycles. The van der Waals surface area contributed by atoms with Gasteiger partial charge in [0.15, 0.2) is 0 Å². The molecule has 1 aliphatic rings. The molecule has 0 fully saturated rings. The van der Waals surface area contributed by atoms with Crippen LogP contribution in [0.5, 0.6) is 0 Å². The normalized spacial score (nSPS) is 14.1. The maximum Gasteiger partial charge on any atom is 0.206 e. The summed E-state index contributed by atoms with van der Waals surface area (Å²) in [7, 11) is -3.47. The molecule has 1 heterocycles. The standard InChI is InChI=1S/C22H29NO2S/c1-4-8-19(9-5-2)23-15-14-18-16-20(12-13-21(18)23)26(24,25)22-11-7-6-10-17(22)3/h6-7,10-13,16,19H,4-5,8-9,14-15H2,1-3H3. The van der Waals surface area contributed by atoms with E-state index in [1.165, 1.54) is 31.4 Å². The number of fused-ring (bicyclic) bond motifs is 1. The number of nitrogens with zero attached hydrogens (tertiary/aromatic N) is 1. The van der Waals surface area contributed by atoms with E-state index in [2.05, 4.69) is 18.7 Å². The summed E-state index contributed by atoms with van der Waals surface area (Å²) in [5.74, 6) is 0. The Morgan fingerprint density at radius 3 is 2.38 bits per heavy atom. The van der Waals surface area contributed by atoms with Crippen molar-refractivity contribution < 1.29 is 8.42 Å². The molecular formula is C22H29NO2S. The highest BCUT2D eigenvalue weighted by Gasteiger charge is 2.27. The van der Waals surface area contributed by atoms with Gasteiger partial charge in [-0.1, -0.05) is 44.9 Å². The molecule has 0 radical (unpaired) electrons. The molecule has 0 saturated carbocycles. The fourth-order valence-corrected chi connectivity index (χ4v) is 5.61. The van der Waals surface area contributed by atoms with E-state index in [0.717, 1.165) is 24.1 Å². The van der Waals surface area contributed by atoms with Crippen molar-refractivity contribution in [2.45, 2.75) is 68.7 Å². The van der Waals surface area contributed by atoms with Crippen LogP contribution >= 0.6 is 0 Å². The highest BCUT2D eigenvalue weighted by molar-refractivity contribution is 7.91. The van der Waals surface area contributed by atoms with Gasteiger partial charge >= 0.3 is 0 Å². The van der Waals surface area contributed by atoms with Gasteiger partial charge in [-0.05, 0) is 61.6 Å². The second-order valence-corrected chi connectivity index (χ2v) is 9.15. The molecule has 0 unspecified atom stereocenters. The van der Waals surface area contributed by atoms with Crippen molar-refractivity contribution >= 4 is 15.5 Å². The van der Waals surface area contributed by atoms with Crippen LogP contribution in [0.3, 0.4) is 0 Å². The minimum Gasteiger partial charge on any atom is -0.368 e. The molecule has 0 atom stereocenters. The van der Waals surface area contributed by atoms with Crippen LogP contribution in [-0.2, 0) is 16.3 Å². The Hall–Kier alpha value is -1.81. The third-order valence-corrected chi connectivity index (χ3v) is 7.27. The summed E-state index contributed by atoms with van der Waals surface area (Å²) in [6, 6.07) is 13.5. The average Bonchev–Trinajstić information content (AvgIpc) is 3.05. The van der Waals surface area contributed by atoms with Crippen LogP contribution in [0, 0.1) is 6.92 Å². The van der Waals surface area contributed by atoms with Gasteiger partial charge < -0.3 is 4.90 Å². The molecule has 0 amide bonds. The van der Waals surface area contributed by atoms with Crippen molar-refractivity contribution in [3.63, 3.8) is 0 Å². The van der Waals surface area contributed by atoms with Gasteiger partial charge in [0.25, 0.3) is 0 Å². The monoisotopic (exact) mass is 371 g/mol. The molecule has 26 heavy (non-hydrogen) atoms. The minimum absolute atomic E-state index is 0.407. The zero-order valence-corrected chi connectivity index (χ0v) is 16.8. The van der Waals surface area contributed by atoms with Gasteiger partial charge in [0, 0.05) is 18.3 Å². The molecule has 0 aromatic heterocycles. The maximum absolute atomic E-state index is 13.1. The lowest BCUT2D eigenvalue weighted by Gasteiger charge is -2.30. The van der Waals surface area contributed by atoms with E-state index in [1.807, 2.05) is 31.2 Å². The molecule has 3 nitrogen and oxygen atoms in total. The molecule has 2 aromatic carbocycles. The summed E-state index contributed by atoms with van der Waals surface area (Å²) in [5.41, 5.74) is 3.18. The zero-order chi connectivity index (χ0) is 18.7. The molecule has 0 saturated heterocycles. The zero-order valence-electron chi connectivity index (χ0n) is 16.0. The average molecular weight is 372 g/mol. The van der Waals surface area contributed by atoms with E-state index in [0.29, 0.717) is 15.8 Å². The molecule has 0 spiro atoms. The van der Waals surface area contributed by atoms with Crippen LogP contribution in [-0.4, -0.2) is 21.0 Å². The van der Waals surface area contributed by atoms with Gasteiger partial charge in [-0.2, -0.15) is 0 Å². The van der Waals surface area contributed by atoms with E-state index >= 15 is 0 Å². The summed E-state index contributed by atoms with van der Waals surface area (Å²) in [6.45, 7) is 7.31. The third-order valence-electron chi connectivity index (χ3n) is 5.36. The SMILES string of the molecule is CCCC(CCC)N1CCc2cc(S(=O)(=O)c3ccccc3C)ccc21. The first-order valence-electron chi connectivity index (χ1n) is 9.69. The summed E-state index contributed by atoms with van der Waals surface area (Å²) in [5, 5.41) is 0. The van der Waals surface area contributed by atoms with Crippen molar-refractivity contribution in [3.8, 4) is 0 Å². The lowest BCUT2D eigenvalue weighted by atomic mass is 10.0. The van der Waals surface area contributed by atoms with Gasteiger partial charge in [-0.25, -0.2) is 8.42 Å². The number of hydrogen-bond donors (Lipinski definition) is 0. The lowest BCUT2D eigenvalue weighted by molar-refractivity contribution is 0.514. The van der Waals surface area contributed by atoms with Crippen molar-refractivity contribution in [3.05, 3.63) is 53.6 Å². The number of benzene rings is 2. The smallest absolute Gasteiger partial charge is 0.206 e. The van der Waals surface area contributed by atoms with Crippen LogP contribution in [0.2, 0.25) is 0 Å². The van der Waals surface area contributed by atoms with Gasteiger partial charge in [0.1, 0.15) is 0 Å². The highest BCUT2D eigenvalue weighted by Crippen LogP contribution is 2.35. The van der Waals surface area contributed by atoms with Crippen molar-refractivity contribution in [1.82, 2.24) is 0 Å². The second kappa shape index (κ2) is 7.83. The molecule has 2 aromatic rings. The van der Waals surface area contributed by atoms with Crippen LogP contribution in [0.1, 0.15) is 50.7 Å². The van der Waals surface area contributed by atoms with E-state index < -0.39 is 9.84 Å². The first-order valence-corrected chi connectivity index (χ1v) is 11.2. The van der Waals surface area contributed by atoms with Gasteiger partial charge in [-0.15, -0.1) is 0 Å². The Bertz CT molecular complexity index is 867. The fraction of sp³-hybridized carbons (Fsp3) is 0.455. The minimum atomic E-state index is -3.47. The van der Waals surface area contributed by atoms with Crippen molar-refractivity contribution in [1.29, 1.82) is 0 Å². The first kappa shape index (κ1) is 19.0. The number of sulfone groups is 1. The quantitative estimate of drug-likeness (QED) is 0.675. The predicted molar refractivity (Wildman–Crippen MR) is 108 cm³/mol. The van der Waals surface area contributed by atoms with Crippen molar-refractivity contribution in [2.24, 2.45) is 0 Å². The van der Waals surface area contributed by atoms with Crippen LogP contribution in [0.15, 0.2) is 52.3 Å². The van der Waals surface area contributed by atoms with Crippen LogP contribution in [0.25, 0.3) is 0 Å². The predicted octanol–water partition coefficient (Wildman–Crippen LogP) is 5.16. The van der Waals surface area contributed by atoms with E-state index in [4.69, 9.17) is 0 Å². The molecule has 140 valence electrons. The number of hydrogen-bond acceptors (Lipinski definition) is 3. The fourth-order valence-electron chi connectivity index (χ4n) is 4.06. The van der Waals surface area contributed by atoms with E-state index in [9.17, 15) is 8.42 Å². The first-order chi connectivity index (χ1) is 12.5. The Kier molecular flexibility index (Phi) is 5.71. The van der Waals surface area contributed by atoms with Crippen LogP contribution < -0.4 is 4.90 Å². The number of anilines is 1. The second-order valence-electron chi connectivity index (χ2n) is 7.23. The van der Waals surface area contributed by atoms with Gasteiger partial charge in [0.05, 0.1) is 9.79 Å². The molecular weight excluding hydrogens is 342 g/mol. The molecule has 3 rings (SSSR count). The molecule has 1 aliphatic heterocycles. The number of aryl methyl sites for hydroxylation is 1. The van der Waals surface area contributed by atoms with E-state index in [1.54, 1.807) is 18.2 Å². The number of rotatable bonds is 7. The highest BCUT2D eigenvalue weighted by atomic mass is 32.2. The van der Waals surface area contributed by atoms with Crippen LogP contribution in [0.4, 0.5) is 5.69 Å².